The number of nitrogens with one attached hydrogen (secondary N) is 2. The molecule has 0 bridgehead atoms. The standard InChI is InChI=1S/C12H13BrFN3O2S/c1-19-3-2-15-11(18)6-17-10-4-7(13)8(14)5-9(10)16-12(17)20/h4-5H,2-3,6H2,1H3,(H,15,18)(H,16,20). The van der Waals surface area contributed by atoms with Crippen molar-refractivity contribution in [3.8, 4) is 0 Å². The van der Waals surface area contributed by atoms with Gasteiger partial charge in [0, 0.05) is 19.7 Å². The maximum absolute atomic E-state index is 13.5. The average Bonchev–Trinajstić information content (AvgIpc) is 2.67. The van der Waals surface area contributed by atoms with Gasteiger partial charge in [-0.05, 0) is 34.2 Å². The minimum atomic E-state index is -0.384. The van der Waals surface area contributed by atoms with E-state index in [4.69, 9.17) is 17.0 Å². The van der Waals surface area contributed by atoms with Gasteiger partial charge in [0.1, 0.15) is 12.4 Å². The molecule has 1 heterocycles. The van der Waals surface area contributed by atoms with Gasteiger partial charge in [-0.3, -0.25) is 4.79 Å². The zero-order chi connectivity index (χ0) is 14.7. The smallest absolute Gasteiger partial charge is 0.240 e. The fourth-order valence-corrected chi connectivity index (χ4v) is 2.41. The topological polar surface area (TPSA) is 59.0 Å². The predicted molar refractivity (Wildman–Crippen MR) is 79.7 cm³/mol. The van der Waals surface area contributed by atoms with E-state index in [-0.39, 0.29) is 18.3 Å². The molecule has 0 saturated carbocycles. The first-order valence-electron chi connectivity index (χ1n) is 5.86. The third-order valence-corrected chi connectivity index (χ3v) is 3.68. The summed E-state index contributed by atoms with van der Waals surface area (Å²) in [6, 6.07) is 2.94. The number of aromatic amines is 1. The monoisotopic (exact) mass is 361 g/mol. The van der Waals surface area contributed by atoms with Gasteiger partial charge in [-0.25, -0.2) is 4.39 Å². The normalized spacial score (nSPS) is 10.9. The van der Waals surface area contributed by atoms with Crippen molar-refractivity contribution in [1.29, 1.82) is 0 Å². The second-order valence-corrected chi connectivity index (χ2v) is 5.38. The Kier molecular flexibility index (Phi) is 4.90. The Morgan fingerprint density at radius 3 is 3.05 bits per heavy atom. The molecule has 1 aromatic heterocycles. The first kappa shape index (κ1) is 15.1. The quantitative estimate of drug-likeness (QED) is 0.634. The van der Waals surface area contributed by atoms with Crippen LogP contribution in [0.1, 0.15) is 0 Å². The molecule has 5 nitrogen and oxygen atoms in total. The van der Waals surface area contributed by atoms with Crippen LogP contribution in [0.3, 0.4) is 0 Å². The van der Waals surface area contributed by atoms with Crippen molar-refractivity contribution in [2.24, 2.45) is 0 Å². The Labute approximate surface area is 128 Å². The Bertz CT molecular complexity index is 698. The number of aromatic nitrogens is 2. The summed E-state index contributed by atoms with van der Waals surface area (Å²) in [6.45, 7) is 0.950. The van der Waals surface area contributed by atoms with Crippen molar-refractivity contribution in [2.45, 2.75) is 6.54 Å². The van der Waals surface area contributed by atoms with Gasteiger partial charge < -0.3 is 19.6 Å². The van der Waals surface area contributed by atoms with Crippen LogP contribution in [-0.4, -0.2) is 35.7 Å². The van der Waals surface area contributed by atoms with Crippen molar-refractivity contribution in [3.05, 3.63) is 27.2 Å². The van der Waals surface area contributed by atoms with Gasteiger partial charge in [-0.15, -0.1) is 0 Å². The van der Waals surface area contributed by atoms with E-state index in [2.05, 4.69) is 26.2 Å². The molecule has 0 radical (unpaired) electrons. The summed E-state index contributed by atoms with van der Waals surface area (Å²) in [6.07, 6.45) is 0. The number of carbonyl (C=O) groups is 1. The molecule has 0 atom stereocenters. The van der Waals surface area contributed by atoms with E-state index in [0.717, 1.165) is 0 Å². The number of hydrogen-bond donors (Lipinski definition) is 2. The number of hydrogen-bond acceptors (Lipinski definition) is 3. The largest absolute Gasteiger partial charge is 0.383 e. The fourth-order valence-electron chi connectivity index (χ4n) is 1.80. The van der Waals surface area contributed by atoms with Crippen molar-refractivity contribution >= 4 is 45.1 Å². The molecule has 2 aromatic rings. The molecule has 0 aliphatic carbocycles. The van der Waals surface area contributed by atoms with Crippen LogP contribution < -0.4 is 5.32 Å². The van der Waals surface area contributed by atoms with E-state index < -0.39 is 0 Å². The number of fused-ring (bicyclic) bond motifs is 1. The summed E-state index contributed by atoms with van der Waals surface area (Å²) in [5.74, 6) is -0.565. The number of methoxy groups -OCH3 is 1. The first-order chi connectivity index (χ1) is 9.52. The molecule has 0 spiro atoms. The molecule has 8 heteroatoms. The Hall–Kier alpha value is -1.25. The van der Waals surface area contributed by atoms with E-state index in [1.165, 1.54) is 6.07 Å². The zero-order valence-electron chi connectivity index (χ0n) is 10.7. The third kappa shape index (κ3) is 3.25. The van der Waals surface area contributed by atoms with Crippen LogP contribution >= 0.6 is 28.1 Å². The van der Waals surface area contributed by atoms with Gasteiger partial charge in [0.05, 0.1) is 22.1 Å². The van der Waals surface area contributed by atoms with Crippen molar-refractivity contribution < 1.29 is 13.9 Å². The van der Waals surface area contributed by atoms with Crippen LogP contribution in [-0.2, 0) is 16.1 Å². The number of halogens is 2. The van der Waals surface area contributed by atoms with Crippen molar-refractivity contribution in [1.82, 2.24) is 14.9 Å². The van der Waals surface area contributed by atoms with Crippen LogP contribution in [0.5, 0.6) is 0 Å². The van der Waals surface area contributed by atoms with Gasteiger partial charge in [-0.1, -0.05) is 0 Å². The van der Waals surface area contributed by atoms with Crippen LogP contribution in [0.4, 0.5) is 4.39 Å². The summed E-state index contributed by atoms with van der Waals surface area (Å²) < 4.78 is 20.6. The molecule has 2 N–H and O–H groups in total. The number of benzene rings is 1. The molecular formula is C12H13BrFN3O2S. The lowest BCUT2D eigenvalue weighted by molar-refractivity contribution is -0.121. The van der Waals surface area contributed by atoms with Crippen LogP contribution in [0, 0.1) is 10.6 Å². The summed E-state index contributed by atoms with van der Waals surface area (Å²) in [7, 11) is 1.56. The summed E-state index contributed by atoms with van der Waals surface area (Å²) >= 11 is 8.28. The minimum absolute atomic E-state index is 0.0701. The molecule has 0 aliphatic rings. The molecule has 2 rings (SSSR count). The maximum atomic E-state index is 13.5. The second kappa shape index (κ2) is 6.47. The van der Waals surface area contributed by atoms with Gasteiger partial charge >= 0.3 is 0 Å². The Balaban J connectivity index is 2.25. The molecule has 1 aromatic carbocycles. The highest BCUT2D eigenvalue weighted by Gasteiger charge is 2.11. The highest BCUT2D eigenvalue weighted by atomic mass is 79.9. The Morgan fingerprint density at radius 1 is 1.60 bits per heavy atom. The van der Waals surface area contributed by atoms with E-state index in [1.807, 2.05) is 0 Å². The van der Waals surface area contributed by atoms with Gasteiger partial charge in [0.2, 0.25) is 5.91 Å². The number of nitrogens with zero attached hydrogens (tertiary/aromatic N) is 1. The van der Waals surface area contributed by atoms with Gasteiger partial charge in [-0.2, -0.15) is 0 Å². The van der Waals surface area contributed by atoms with Gasteiger partial charge in [0.15, 0.2) is 4.77 Å². The van der Waals surface area contributed by atoms with E-state index in [9.17, 15) is 9.18 Å². The highest BCUT2D eigenvalue weighted by molar-refractivity contribution is 9.10. The molecular weight excluding hydrogens is 349 g/mol. The van der Waals surface area contributed by atoms with Gasteiger partial charge in [0.25, 0.3) is 0 Å². The number of ether oxygens (including phenoxy) is 1. The minimum Gasteiger partial charge on any atom is -0.383 e. The fraction of sp³-hybridized carbons (Fsp3) is 0.333. The summed E-state index contributed by atoms with van der Waals surface area (Å²) in [5, 5.41) is 2.71. The molecule has 0 saturated heterocycles. The SMILES string of the molecule is COCCNC(=O)Cn1c(=S)[nH]c2cc(F)c(Br)cc21. The average molecular weight is 362 g/mol. The zero-order valence-corrected chi connectivity index (χ0v) is 13.1. The lowest BCUT2D eigenvalue weighted by atomic mass is 10.3. The number of H-pyrrole nitrogens is 1. The highest BCUT2D eigenvalue weighted by Crippen LogP contribution is 2.23. The molecule has 0 aliphatic heterocycles. The molecule has 20 heavy (non-hydrogen) atoms. The molecule has 108 valence electrons. The number of amides is 1. The van der Waals surface area contributed by atoms with E-state index >= 15 is 0 Å². The molecule has 0 unspecified atom stereocenters. The van der Waals surface area contributed by atoms with Crippen molar-refractivity contribution in [3.63, 3.8) is 0 Å². The van der Waals surface area contributed by atoms with Crippen LogP contribution in [0.15, 0.2) is 16.6 Å². The van der Waals surface area contributed by atoms with Crippen molar-refractivity contribution in [2.75, 3.05) is 20.3 Å². The van der Waals surface area contributed by atoms with Crippen LogP contribution in [0.2, 0.25) is 0 Å². The predicted octanol–water partition coefficient (Wildman–Crippen LogP) is 2.36. The molecule has 0 fully saturated rings. The van der Waals surface area contributed by atoms with E-state index in [1.54, 1.807) is 17.7 Å². The van der Waals surface area contributed by atoms with Crippen LogP contribution in [0.25, 0.3) is 11.0 Å². The maximum Gasteiger partial charge on any atom is 0.240 e. The molecule has 1 amide bonds. The third-order valence-electron chi connectivity index (χ3n) is 2.75. The lowest BCUT2D eigenvalue weighted by Crippen LogP contribution is -2.30. The second-order valence-electron chi connectivity index (χ2n) is 4.14. The Morgan fingerprint density at radius 2 is 2.35 bits per heavy atom. The number of imidazole rings is 1. The number of carbonyl (C=O) groups excluding carboxylic acids is 1. The first-order valence-corrected chi connectivity index (χ1v) is 7.06. The van der Waals surface area contributed by atoms with E-state index in [0.29, 0.717) is 33.4 Å². The summed E-state index contributed by atoms with van der Waals surface area (Å²) in [4.78, 5) is 14.7. The summed E-state index contributed by atoms with van der Waals surface area (Å²) in [5.41, 5.74) is 1.23. The lowest BCUT2D eigenvalue weighted by Gasteiger charge is -2.06. The number of rotatable bonds is 5.